The Morgan fingerprint density at radius 3 is 2.36 bits per heavy atom. The van der Waals surface area contributed by atoms with Crippen LogP contribution in [0.15, 0.2) is 54.6 Å². The molecule has 146 valence electrons. The Hall–Kier alpha value is -3.68. The first-order chi connectivity index (χ1) is 13.4. The highest BCUT2D eigenvalue weighted by molar-refractivity contribution is 5.94. The number of non-ortho nitro benzene ring substituents is 1. The molecule has 2 rings (SSSR count). The number of nitrogens with one attached hydrogen (secondary N) is 1. The van der Waals surface area contributed by atoms with Crippen molar-refractivity contribution < 1.29 is 24.0 Å². The molecular formula is C20H20N2O6. The molecule has 8 nitrogen and oxygen atoms in total. The molecule has 8 heteroatoms. The molecule has 0 aliphatic carbocycles. The van der Waals surface area contributed by atoms with E-state index in [9.17, 15) is 19.7 Å². The second-order valence-corrected chi connectivity index (χ2v) is 5.87. The molecule has 0 saturated heterocycles. The lowest BCUT2D eigenvalue weighted by molar-refractivity contribution is -0.384. The van der Waals surface area contributed by atoms with Crippen LogP contribution >= 0.6 is 0 Å². The lowest BCUT2D eigenvalue weighted by Crippen LogP contribution is -2.38. The third-order valence-electron chi connectivity index (χ3n) is 3.78. The van der Waals surface area contributed by atoms with Crippen molar-refractivity contribution in [2.24, 2.45) is 0 Å². The van der Waals surface area contributed by atoms with Crippen LogP contribution in [0, 0.1) is 10.1 Å². The Morgan fingerprint density at radius 2 is 1.79 bits per heavy atom. The van der Waals surface area contributed by atoms with Crippen LogP contribution in [0.1, 0.15) is 18.1 Å². The average molecular weight is 384 g/mol. The van der Waals surface area contributed by atoms with E-state index >= 15 is 0 Å². The van der Waals surface area contributed by atoms with Crippen LogP contribution in [0.3, 0.4) is 0 Å². The number of hydrogen-bond acceptors (Lipinski definition) is 6. The Kier molecular flexibility index (Phi) is 7.27. The number of nitro benzene ring substituents is 1. The van der Waals surface area contributed by atoms with Gasteiger partial charge in [0.25, 0.3) is 5.69 Å². The maximum Gasteiger partial charge on any atom is 0.328 e. The third-order valence-corrected chi connectivity index (χ3v) is 3.78. The Bertz CT molecular complexity index is 859. The van der Waals surface area contributed by atoms with Gasteiger partial charge in [-0.1, -0.05) is 12.1 Å². The van der Waals surface area contributed by atoms with Crippen LogP contribution in [0.25, 0.3) is 6.08 Å². The molecule has 0 aromatic heterocycles. The molecule has 0 saturated carbocycles. The van der Waals surface area contributed by atoms with Gasteiger partial charge in [0, 0.05) is 18.2 Å². The number of benzene rings is 2. The molecule has 0 radical (unpaired) electrons. The lowest BCUT2D eigenvalue weighted by atomic mass is 10.2. The SMILES string of the molecule is COc1ccc(C=CC(=O)NC(C)C(=O)OCc2ccc([N+](=O)[O-])cc2)cc1. The fourth-order valence-electron chi connectivity index (χ4n) is 2.20. The molecule has 2 aromatic rings. The lowest BCUT2D eigenvalue weighted by Gasteiger charge is -2.12. The number of carbonyl (C=O) groups is 2. The minimum Gasteiger partial charge on any atom is -0.497 e. The van der Waals surface area contributed by atoms with Crippen LogP contribution in [0.4, 0.5) is 5.69 Å². The second-order valence-electron chi connectivity index (χ2n) is 5.87. The molecule has 0 fully saturated rings. The zero-order valence-corrected chi connectivity index (χ0v) is 15.5. The van der Waals surface area contributed by atoms with Crippen LogP contribution in [0.5, 0.6) is 5.75 Å². The molecule has 0 bridgehead atoms. The molecule has 0 aliphatic rings. The molecule has 0 aliphatic heterocycles. The highest BCUT2D eigenvalue weighted by Crippen LogP contribution is 2.13. The fourth-order valence-corrected chi connectivity index (χ4v) is 2.20. The summed E-state index contributed by atoms with van der Waals surface area (Å²) < 4.78 is 10.2. The summed E-state index contributed by atoms with van der Waals surface area (Å²) in [6, 6.07) is 12.0. The molecule has 1 amide bonds. The number of rotatable bonds is 8. The van der Waals surface area contributed by atoms with Gasteiger partial charge in [0.2, 0.25) is 5.91 Å². The molecule has 2 aromatic carbocycles. The van der Waals surface area contributed by atoms with Crippen molar-refractivity contribution in [3.63, 3.8) is 0 Å². The maximum absolute atomic E-state index is 12.0. The Balaban J connectivity index is 1.81. The van der Waals surface area contributed by atoms with Crippen LogP contribution < -0.4 is 10.1 Å². The summed E-state index contributed by atoms with van der Waals surface area (Å²) in [7, 11) is 1.57. The van der Waals surface area contributed by atoms with Crippen molar-refractivity contribution in [1.82, 2.24) is 5.32 Å². The first kappa shape index (κ1) is 20.6. The summed E-state index contributed by atoms with van der Waals surface area (Å²) in [5.41, 5.74) is 1.38. The summed E-state index contributed by atoms with van der Waals surface area (Å²) in [6.45, 7) is 1.47. The van der Waals surface area contributed by atoms with E-state index in [1.54, 1.807) is 37.5 Å². The summed E-state index contributed by atoms with van der Waals surface area (Å²) in [5.74, 6) is -0.328. The van der Waals surface area contributed by atoms with Gasteiger partial charge in [0.1, 0.15) is 18.4 Å². The Labute approximate surface area is 161 Å². The van der Waals surface area contributed by atoms with Gasteiger partial charge < -0.3 is 14.8 Å². The highest BCUT2D eigenvalue weighted by atomic mass is 16.6. The Morgan fingerprint density at radius 1 is 1.14 bits per heavy atom. The van der Waals surface area contributed by atoms with Crippen molar-refractivity contribution in [2.45, 2.75) is 19.6 Å². The molecular weight excluding hydrogens is 364 g/mol. The monoisotopic (exact) mass is 384 g/mol. The minimum atomic E-state index is -0.842. The van der Waals surface area contributed by atoms with Gasteiger partial charge in [-0.05, 0) is 48.4 Å². The molecule has 1 N–H and O–H groups in total. The van der Waals surface area contributed by atoms with Crippen LogP contribution in [0.2, 0.25) is 0 Å². The van der Waals surface area contributed by atoms with Gasteiger partial charge >= 0.3 is 5.97 Å². The zero-order valence-electron chi connectivity index (χ0n) is 15.5. The number of esters is 1. The molecule has 0 heterocycles. The minimum absolute atomic E-state index is 0.0423. The van der Waals surface area contributed by atoms with E-state index in [2.05, 4.69) is 5.32 Å². The highest BCUT2D eigenvalue weighted by Gasteiger charge is 2.16. The summed E-state index contributed by atoms with van der Waals surface area (Å²) in [5, 5.41) is 13.1. The van der Waals surface area contributed by atoms with Crippen LogP contribution in [-0.2, 0) is 20.9 Å². The summed E-state index contributed by atoms with van der Waals surface area (Å²) in [6.07, 6.45) is 2.94. The third kappa shape index (κ3) is 6.24. The number of amides is 1. The van der Waals surface area contributed by atoms with Crippen molar-refractivity contribution in [1.29, 1.82) is 0 Å². The van der Waals surface area contributed by atoms with Gasteiger partial charge in [0.15, 0.2) is 0 Å². The molecule has 1 unspecified atom stereocenters. The van der Waals surface area contributed by atoms with Gasteiger partial charge in [-0.3, -0.25) is 14.9 Å². The number of ether oxygens (including phenoxy) is 2. The molecule has 1 atom stereocenters. The molecule has 28 heavy (non-hydrogen) atoms. The van der Waals surface area contributed by atoms with Gasteiger partial charge in [0.05, 0.1) is 12.0 Å². The van der Waals surface area contributed by atoms with E-state index in [4.69, 9.17) is 9.47 Å². The normalized spacial score (nSPS) is 11.6. The maximum atomic E-state index is 12.0. The number of hydrogen-bond donors (Lipinski definition) is 1. The first-order valence-corrected chi connectivity index (χ1v) is 8.41. The number of methoxy groups -OCH3 is 1. The quantitative estimate of drug-likeness (QED) is 0.324. The van der Waals surface area contributed by atoms with Crippen LogP contribution in [-0.4, -0.2) is 30.0 Å². The van der Waals surface area contributed by atoms with E-state index in [0.717, 1.165) is 5.56 Å². The number of carbonyl (C=O) groups excluding carboxylic acids is 2. The summed E-state index contributed by atoms with van der Waals surface area (Å²) in [4.78, 5) is 34.0. The van der Waals surface area contributed by atoms with Gasteiger partial charge in [-0.15, -0.1) is 0 Å². The van der Waals surface area contributed by atoms with Gasteiger partial charge in [-0.2, -0.15) is 0 Å². The van der Waals surface area contributed by atoms with E-state index in [-0.39, 0.29) is 12.3 Å². The smallest absolute Gasteiger partial charge is 0.328 e. The zero-order chi connectivity index (χ0) is 20.5. The number of nitro groups is 1. The first-order valence-electron chi connectivity index (χ1n) is 8.41. The van der Waals surface area contributed by atoms with E-state index in [1.165, 1.54) is 37.3 Å². The van der Waals surface area contributed by atoms with E-state index in [0.29, 0.717) is 11.3 Å². The molecule has 0 spiro atoms. The topological polar surface area (TPSA) is 108 Å². The second kappa shape index (κ2) is 9.86. The van der Waals surface area contributed by atoms with Crippen molar-refractivity contribution in [3.8, 4) is 5.75 Å². The van der Waals surface area contributed by atoms with Crippen molar-refractivity contribution in [3.05, 3.63) is 75.8 Å². The fraction of sp³-hybridized carbons (Fsp3) is 0.200. The predicted octanol–water partition coefficient (Wildman–Crippen LogP) is 2.86. The van der Waals surface area contributed by atoms with Gasteiger partial charge in [-0.25, -0.2) is 4.79 Å². The van der Waals surface area contributed by atoms with Crippen molar-refractivity contribution >= 4 is 23.6 Å². The largest absolute Gasteiger partial charge is 0.497 e. The van der Waals surface area contributed by atoms with E-state index in [1.807, 2.05) is 0 Å². The van der Waals surface area contributed by atoms with Crippen molar-refractivity contribution in [2.75, 3.05) is 7.11 Å². The predicted molar refractivity (Wildman–Crippen MR) is 103 cm³/mol. The standard InChI is InChI=1S/C20H20N2O6/c1-14(20(24)28-13-16-3-8-17(9-4-16)22(25)26)21-19(23)12-7-15-5-10-18(27-2)11-6-15/h3-12,14H,13H2,1-2H3,(H,21,23). The van der Waals surface area contributed by atoms with E-state index < -0.39 is 22.8 Å². The summed E-state index contributed by atoms with van der Waals surface area (Å²) >= 11 is 0. The number of nitrogens with zero attached hydrogens (tertiary/aromatic N) is 1. The average Bonchev–Trinajstić information content (AvgIpc) is 2.71.